The number of carbonyl (C=O) groups is 2. The molecule has 0 heterocycles. The first-order valence-electron chi connectivity index (χ1n) is 8.18. The van der Waals surface area contributed by atoms with Gasteiger partial charge in [0.1, 0.15) is 11.9 Å². The molecule has 0 fully saturated rings. The molecule has 1 atom stereocenters. The van der Waals surface area contributed by atoms with Gasteiger partial charge in [-0.05, 0) is 45.2 Å². The van der Waals surface area contributed by atoms with Crippen LogP contribution in [0.4, 0.5) is 9.59 Å². The van der Waals surface area contributed by atoms with Gasteiger partial charge >= 0.3 is 12.2 Å². The second-order valence-corrected chi connectivity index (χ2v) is 5.48. The Bertz CT molecular complexity index is 516. The van der Waals surface area contributed by atoms with Crippen LogP contribution < -0.4 is 10.5 Å². The SMILES string of the molecule is CCC(C)OC(N)=O.CCCCOC(=O)Oc1ccc(C)cc1C. The van der Waals surface area contributed by atoms with Gasteiger partial charge in [-0.3, -0.25) is 0 Å². The lowest BCUT2D eigenvalue weighted by Gasteiger charge is -2.08. The summed E-state index contributed by atoms with van der Waals surface area (Å²) in [4.78, 5) is 21.2. The smallest absolute Gasteiger partial charge is 0.447 e. The third-order valence-corrected chi connectivity index (χ3v) is 3.13. The van der Waals surface area contributed by atoms with E-state index in [1.54, 1.807) is 13.0 Å². The molecule has 6 heteroatoms. The van der Waals surface area contributed by atoms with Crippen LogP contribution in [0.25, 0.3) is 0 Å². The number of ether oxygens (including phenoxy) is 3. The third kappa shape index (κ3) is 10.5. The normalized spacial score (nSPS) is 10.9. The van der Waals surface area contributed by atoms with Crippen molar-refractivity contribution < 1.29 is 23.8 Å². The standard InChI is InChI=1S/C13H18O3.C5H11NO2/c1-4-5-8-15-13(14)16-12-7-6-10(2)9-11(12)3;1-3-4(2)8-5(6)7/h6-7,9H,4-5,8H2,1-3H3;4H,3H2,1-2H3,(H2,6,7). The lowest BCUT2D eigenvalue weighted by atomic mass is 10.1. The topological polar surface area (TPSA) is 87.9 Å². The van der Waals surface area contributed by atoms with Gasteiger partial charge in [0, 0.05) is 0 Å². The zero-order chi connectivity index (χ0) is 18.5. The van der Waals surface area contributed by atoms with E-state index in [0.29, 0.717) is 12.4 Å². The highest BCUT2D eigenvalue weighted by Crippen LogP contribution is 2.19. The second kappa shape index (κ2) is 12.2. The summed E-state index contributed by atoms with van der Waals surface area (Å²) in [7, 11) is 0. The summed E-state index contributed by atoms with van der Waals surface area (Å²) < 4.78 is 14.5. The van der Waals surface area contributed by atoms with Crippen molar-refractivity contribution in [2.45, 2.75) is 60.0 Å². The Morgan fingerprint density at radius 3 is 2.33 bits per heavy atom. The zero-order valence-corrected chi connectivity index (χ0v) is 15.3. The Morgan fingerprint density at radius 1 is 1.21 bits per heavy atom. The van der Waals surface area contributed by atoms with E-state index < -0.39 is 12.2 Å². The summed E-state index contributed by atoms with van der Waals surface area (Å²) in [5.74, 6) is 0.562. The van der Waals surface area contributed by atoms with E-state index in [1.807, 2.05) is 39.8 Å². The summed E-state index contributed by atoms with van der Waals surface area (Å²) in [6.45, 7) is 10.1. The maximum Gasteiger partial charge on any atom is 0.513 e. The number of aryl methyl sites for hydroxylation is 2. The largest absolute Gasteiger partial charge is 0.513 e. The summed E-state index contributed by atoms with van der Waals surface area (Å²) >= 11 is 0. The fourth-order valence-corrected chi connectivity index (χ4v) is 1.61. The monoisotopic (exact) mass is 339 g/mol. The second-order valence-electron chi connectivity index (χ2n) is 5.48. The van der Waals surface area contributed by atoms with E-state index in [2.05, 4.69) is 4.74 Å². The van der Waals surface area contributed by atoms with Gasteiger partial charge < -0.3 is 19.9 Å². The van der Waals surface area contributed by atoms with Gasteiger partial charge in [0.15, 0.2) is 0 Å². The fourth-order valence-electron chi connectivity index (χ4n) is 1.61. The van der Waals surface area contributed by atoms with Crippen LogP contribution in [0.1, 0.15) is 51.2 Å². The predicted octanol–water partition coefficient (Wildman–Crippen LogP) is 4.50. The first-order chi connectivity index (χ1) is 11.3. The lowest BCUT2D eigenvalue weighted by Crippen LogP contribution is -2.19. The minimum absolute atomic E-state index is 0.0486. The van der Waals surface area contributed by atoms with Crippen molar-refractivity contribution in [3.05, 3.63) is 29.3 Å². The Hall–Kier alpha value is -2.24. The number of amides is 1. The van der Waals surface area contributed by atoms with Crippen LogP contribution in [0.2, 0.25) is 0 Å². The van der Waals surface area contributed by atoms with Crippen molar-refractivity contribution in [2.24, 2.45) is 5.73 Å². The molecular weight excluding hydrogens is 310 g/mol. The van der Waals surface area contributed by atoms with Crippen molar-refractivity contribution in [1.29, 1.82) is 0 Å². The molecule has 1 aromatic carbocycles. The van der Waals surface area contributed by atoms with Crippen molar-refractivity contribution in [3.8, 4) is 5.75 Å². The number of nitrogens with two attached hydrogens (primary N) is 1. The van der Waals surface area contributed by atoms with E-state index in [0.717, 1.165) is 30.4 Å². The average molecular weight is 339 g/mol. The minimum Gasteiger partial charge on any atom is -0.447 e. The van der Waals surface area contributed by atoms with Crippen LogP contribution in [0, 0.1) is 13.8 Å². The Balaban J connectivity index is 0.000000561. The molecule has 0 saturated carbocycles. The molecular formula is C18H29NO5. The lowest BCUT2D eigenvalue weighted by molar-refractivity contribution is 0.0975. The quantitative estimate of drug-likeness (QED) is 0.468. The highest BCUT2D eigenvalue weighted by molar-refractivity contribution is 5.65. The summed E-state index contributed by atoms with van der Waals surface area (Å²) in [5, 5.41) is 0. The van der Waals surface area contributed by atoms with Crippen LogP contribution >= 0.6 is 0 Å². The molecule has 24 heavy (non-hydrogen) atoms. The van der Waals surface area contributed by atoms with Gasteiger partial charge in [-0.25, -0.2) is 9.59 Å². The maximum absolute atomic E-state index is 11.3. The number of unbranched alkanes of at least 4 members (excludes halogenated alkanes) is 1. The number of rotatable bonds is 6. The molecule has 0 bridgehead atoms. The highest BCUT2D eigenvalue weighted by atomic mass is 16.7. The van der Waals surface area contributed by atoms with Crippen molar-refractivity contribution in [3.63, 3.8) is 0 Å². The van der Waals surface area contributed by atoms with Crippen LogP contribution in [0.3, 0.4) is 0 Å². The third-order valence-electron chi connectivity index (χ3n) is 3.13. The summed E-state index contributed by atoms with van der Waals surface area (Å²) in [6.07, 6.45) is 1.30. The van der Waals surface area contributed by atoms with Gasteiger partial charge in [-0.2, -0.15) is 0 Å². The molecule has 2 N–H and O–H groups in total. The van der Waals surface area contributed by atoms with Crippen LogP contribution in [0.15, 0.2) is 18.2 Å². The van der Waals surface area contributed by atoms with Gasteiger partial charge in [0.25, 0.3) is 0 Å². The number of hydrogen-bond donors (Lipinski definition) is 1. The van der Waals surface area contributed by atoms with E-state index in [1.165, 1.54) is 0 Å². The zero-order valence-electron chi connectivity index (χ0n) is 15.3. The molecule has 0 spiro atoms. The number of benzene rings is 1. The molecule has 6 nitrogen and oxygen atoms in total. The fraction of sp³-hybridized carbons (Fsp3) is 0.556. The van der Waals surface area contributed by atoms with Crippen LogP contribution in [-0.4, -0.2) is 25.0 Å². The molecule has 1 unspecified atom stereocenters. The number of hydrogen-bond acceptors (Lipinski definition) is 5. The van der Waals surface area contributed by atoms with Gasteiger partial charge in [-0.1, -0.05) is 38.0 Å². The van der Waals surface area contributed by atoms with Crippen molar-refractivity contribution >= 4 is 12.2 Å². The predicted molar refractivity (Wildman–Crippen MR) is 93.2 cm³/mol. The summed E-state index contributed by atoms with van der Waals surface area (Å²) in [6, 6.07) is 5.65. The Kier molecular flexibility index (Phi) is 11.1. The van der Waals surface area contributed by atoms with Crippen LogP contribution in [-0.2, 0) is 9.47 Å². The van der Waals surface area contributed by atoms with E-state index in [9.17, 15) is 9.59 Å². The molecule has 0 radical (unpaired) electrons. The van der Waals surface area contributed by atoms with E-state index in [4.69, 9.17) is 15.2 Å². The average Bonchev–Trinajstić information content (AvgIpc) is 2.50. The van der Waals surface area contributed by atoms with Crippen molar-refractivity contribution in [2.75, 3.05) is 6.61 Å². The van der Waals surface area contributed by atoms with Gasteiger partial charge in [-0.15, -0.1) is 0 Å². The van der Waals surface area contributed by atoms with Gasteiger partial charge in [0.2, 0.25) is 0 Å². The summed E-state index contributed by atoms with van der Waals surface area (Å²) in [5.41, 5.74) is 6.79. The molecule has 1 amide bonds. The van der Waals surface area contributed by atoms with Crippen molar-refractivity contribution in [1.82, 2.24) is 0 Å². The number of primary amides is 1. The first-order valence-corrected chi connectivity index (χ1v) is 8.18. The molecule has 0 aliphatic carbocycles. The Morgan fingerprint density at radius 2 is 1.88 bits per heavy atom. The Labute approximate surface area is 144 Å². The minimum atomic E-state index is -0.695. The molecule has 136 valence electrons. The maximum atomic E-state index is 11.3. The van der Waals surface area contributed by atoms with E-state index >= 15 is 0 Å². The van der Waals surface area contributed by atoms with E-state index in [-0.39, 0.29) is 6.10 Å². The highest BCUT2D eigenvalue weighted by Gasteiger charge is 2.07. The molecule has 0 aromatic heterocycles. The molecule has 1 aromatic rings. The van der Waals surface area contributed by atoms with Gasteiger partial charge in [0.05, 0.1) is 6.61 Å². The number of carbonyl (C=O) groups excluding carboxylic acids is 2. The first kappa shape index (κ1) is 21.8. The molecule has 0 aliphatic rings. The molecule has 1 rings (SSSR count). The molecule has 0 saturated heterocycles. The van der Waals surface area contributed by atoms with Crippen LogP contribution in [0.5, 0.6) is 5.75 Å². The molecule has 0 aliphatic heterocycles.